The van der Waals surface area contributed by atoms with Crippen LogP contribution in [0.1, 0.15) is 29.0 Å². The second kappa shape index (κ2) is 5.68. The van der Waals surface area contributed by atoms with Crippen LogP contribution in [0.2, 0.25) is 0 Å². The minimum absolute atomic E-state index is 0. The molecule has 0 bridgehead atoms. The van der Waals surface area contributed by atoms with Crippen molar-refractivity contribution >= 4 is 30.5 Å². The van der Waals surface area contributed by atoms with Crippen molar-refractivity contribution in [2.45, 2.75) is 32.2 Å². The molecule has 2 heterocycles. The number of aryl methyl sites for hydroxylation is 2. The van der Waals surface area contributed by atoms with Gasteiger partial charge >= 0.3 is 0 Å². The van der Waals surface area contributed by atoms with Crippen LogP contribution in [0.4, 0.5) is 5.69 Å². The Bertz CT molecular complexity index is 434. The van der Waals surface area contributed by atoms with E-state index in [1.165, 1.54) is 36.3 Å². The number of fused-ring (bicyclic) bond motifs is 3. The molecule has 0 saturated carbocycles. The quantitative estimate of drug-likeness (QED) is 0.788. The SMILES string of the molecule is Cc1cc(C)c2c(c1)C1CN(C)CCC1N2.Cl.Cl. The Kier molecular flexibility index (Phi) is 4.93. The topological polar surface area (TPSA) is 15.3 Å². The summed E-state index contributed by atoms with van der Waals surface area (Å²) in [5.74, 6) is 0.701. The summed E-state index contributed by atoms with van der Waals surface area (Å²) in [6.45, 7) is 6.85. The fourth-order valence-electron chi connectivity index (χ4n) is 3.28. The van der Waals surface area contributed by atoms with Gasteiger partial charge in [-0.15, -0.1) is 24.8 Å². The van der Waals surface area contributed by atoms with Crippen molar-refractivity contribution in [2.75, 3.05) is 25.5 Å². The lowest BCUT2D eigenvalue weighted by Crippen LogP contribution is -2.39. The number of nitrogens with one attached hydrogen (secondary N) is 1. The van der Waals surface area contributed by atoms with E-state index in [0.29, 0.717) is 12.0 Å². The van der Waals surface area contributed by atoms with Crippen molar-refractivity contribution in [1.29, 1.82) is 0 Å². The van der Waals surface area contributed by atoms with Gasteiger partial charge < -0.3 is 10.2 Å². The number of hydrogen-bond donors (Lipinski definition) is 1. The van der Waals surface area contributed by atoms with E-state index in [1.807, 2.05) is 0 Å². The van der Waals surface area contributed by atoms with Gasteiger partial charge in [0.2, 0.25) is 0 Å². The van der Waals surface area contributed by atoms with Crippen molar-refractivity contribution in [2.24, 2.45) is 0 Å². The molecular formula is C14H22Cl2N2. The average molecular weight is 289 g/mol. The Morgan fingerprint density at radius 2 is 1.94 bits per heavy atom. The maximum Gasteiger partial charge on any atom is 0.0409 e. The van der Waals surface area contributed by atoms with Gasteiger partial charge in [0.25, 0.3) is 0 Å². The highest BCUT2D eigenvalue weighted by molar-refractivity contribution is 5.85. The molecule has 2 aliphatic heterocycles. The van der Waals surface area contributed by atoms with Gasteiger partial charge in [0.1, 0.15) is 0 Å². The molecule has 1 fully saturated rings. The Balaban J connectivity index is 0.000000810. The van der Waals surface area contributed by atoms with E-state index in [0.717, 1.165) is 0 Å². The van der Waals surface area contributed by atoms with Crippen LogP contribution in [0.3, 0.4) is 0 Å². The minimum atomic E-state index is 0. The Hall–Kier alpha value is -0.440. The van der Waals surface area contributed by atoms with Crippen LogP contribution in [-0.2, 0) is 0 Å². The number of halogens is 2. The molecule has 4 heteroatoms. The van der Waals surface area contributed by atoms with E-state index in [-0.39, 0.29) is 24.8 Å². The Labute approximate surface area is 122 Å². The van der Waals surface area contributed by atoms with Crippen LogP contribution in [0.25, 0.3) is 0 Å². The highest BCUT2D eigenvalue weighted by Crippen LogP contribution is 2.41. The summed E-state index contributed by atoms with van der Waals surface area (Å²) in [6.07, 6.45) is 1.27. The number of piperidine rings is 1. The first-order valence-corrected chi connectivity index (χ1v) is 6.21. The largest absolute Gasteiger partial charge is 0.381 e. The van der Waals surface area contributed by atoms with E-state index >= 15 is 0 Å². The third-order valence-corrected chi connectivity index (χ3v) is 4.06. The summed E-state index contributed by atoms with van der Waals surface area (Å²) in [5, 5.41) is 3.73. The molecule has 2 atom stereocenters. The zero-order valence-corrected chi connectivity index (χ0v) is 12.8. The van der Waals surface area contributed by atoms with Gasteiger partial charge in [-0.25, -0.2) is 0 Å². The van der Waals surface area contributed by atoms with E-state index < -0.39 is 0 Å². The zero-order valence-electron chi connectivity index (χ0n) is 11.2. The molecule has 2 aliphatic rings. The van der Waals surface area contributed by atoms with Crippen LogP contribution < -0.4 is 5.32 Å². The van der Waals surface area contributed by atoms with Crippen molar-refractivity contribution < 1.29 is 0 Å². The van der Waals surface area contributed by atoms with E-state index in [9.17, 15) is 0 Å². The van der Waals surface area contributed by atoms with Gasteiger partial charge in [-0.1, -0.05) is 17.7 Å². The first-order chi connectivity index (χ1) is 7.65. The molecule has 1 N–H and O–H groups in total. The van der Waals surface area contributed by atoms with Crippen LogP contribution in [0.15, 0.2) is 12.1 Å². The lowest BCUT2D eigenvalue weighted by atomic mass is 9.88. The monoisotopic (exact) mass is 288 g/mol. The van der Waals surface area contributed by atoms with Gasteiger partial charge in [-0.3, -0.25) is 0 Å². The molecule has 0 radical (unpaired) electrons. The smallest absolute Gasteiger partial charge is 0.0409 e. The number of nitrogens with zero attached hydrogens (tertiary/aromatic N) is 1. The summed E-state index contributed by atoms with van der Waals surface area (Å²) in [4.78, 5) is 2.45. The van der Waals surface area contributed by atoms with Gasteiger partial charge in [0.05, 0.1) is 0 Å². The summed E-state index contributed by atoms with van der Waals surface area (Å²) in [5.41, 5.74) is 5.77. The molecule has 0 aliphatic carbocycles. The highest BCUT2D eigenvalue weighted by Gasteiger charge is 2.36. The second-order valence-corrected chi connectivity index (χ2v) is 5.45. The maximum atomic E-state index is 3.73. The van der Waals surface area contributed by atoms with Crippen LogP contribution >= 0.6 is 24.8 Å². The molecule has 1 aromatic carbocycles. The molecule has 2 unspecified atom stereocenters. The fraction of sp³-hybridized carbons (Fsp3) is 0.571. The highest BCUT2D eigenvalue weighted by atomic mass is 35.5. The number of likely N-dealkylation sites (tertiary alicyclic amines) is 1. The molecule has 0 aromatic heterocycles. The number of likely N-dealkylation sites (N-methyl/N-ethyl adjacent to an activating group) is 1. The van der Waals surface area contributed by atoms with E-state index in [1.54, 1.807) is 5.56 Å². The van der Waals surface area contributed by atoms with E-state index in [4.69, 9.17) is 0 Å². The molecule has 18 heavy (non-hydrogen) atoms. The molecule has 0 spiro atoms. The minimum Gasteiger partial charge on any atom is -0.381 e. The van der Waals surface area contributed by atoms with Crippen molar-refractivity contribution in [3.63, 3.8) is 0 Å². The standard InChI is InChI=1S/C14H20N2.2ClH/c1-9-6-10(2)14-11(7-9)12-8-16(3)5-4-13(12)15-14;;/h6-7,12-13,15H,4-5,8H2,1-3H3;2*1H. The van der Waals surface area contributed by atoms with Gasteiger partial charge in [-0.2, -0.15) is 0 Å². The van der Waals surface area contributed by atoms with Gasteiger partial charge in [0, 0.05) is 24.2 Å². The van der Waals surface area contributed by atoms with Crippen LogP contribution in [0, 0.1) is 13.8 Å². The predicted octanol–water partition coefficient (Wildman–Crippen LogP) is 3.36. The van der Waals surface area contributed by atoms with E-state index in [2.05, 4.69) is 43.2 Å². The third-order valence-electron chi connectivity index (χ3n) is 4.06. The Morgan fingerprint density at radius 3 is 2.67 bits per heavy atom. The maximum absolute atomic E-state index is 3.73. The fourth-order valence-corrected chi connectivity index (χ4v) is 3.28. The van der Waals surface area contributed by atoms with Crippen molar-refractivity contribution in [3.05, 3.63) is 28.8 Å². The summed E-state index contributed by atoms with van der Waals surface area (Å²) in [6, 6.07) is 5.33. The number of benzene rings is 1. The number of anilines is 1. The van der Waals surface area contributed by atoms with Gasteiger partial charge in [0.15, 0.2) is 0 Å². The lowest BCUT2D eigenvalue weighted by molar-refractivity contribution is 0.243. The molecular weight excluding hydrogens is 267 g/mol. The lowest BCUT2D eigenvalue weighted by Gasteiger charge is -2.32. The zero-order chi connectivity index (χ0) is 11.3. The predicted molar refractivity (Wildman–Crippen MR) is 82.7 cm³/mol. The number of hydrogen-bond acceptors (Lipinski definition) is 2. The van der Waals surface area contributed by atoms with Crippen LogP contribution in [-0.4, -0.2) is 31.1 Å². The molecule has 3 rings (SSSR count). The average Bonchev–Trinajstić information content (AvgIpc) is 2.57. The Morgan fingerprint density at radius 1 is 1.22 bits per heavy atom. The summed E-state index contributed by atoms with van der Waals surface area (Å²) in [7, 11) is 2.23. The molecule has 102 valence electrons. The number of rotatable bonds is 0. The van der Waals surface area contributed by atoms with Crippen molar-refractivity contribution in [3.8, 4) is 0 Å². The summed E-state index contributed by atoms with van der Waals surface area (Å²) >= 11 is 0. The van der Waals surface area contributed by atoms with Gasteiger partial charge in [-0.05, 0) is 45.0 Å². The second-order valence-electron chi connectivity index (χ2n) is 5.45. The van der Waals surface area contributed by atoms with Crippen LogP contribution in [0.5, 0.6) is 0 Å². The molecule has 1 saturated heterocycles. The first kappa shape index (κ1) is 15.6. The first-order valence-electron chi connectivity index (χ1n) is 6.21. The molecule has 2 nitrogen and oxygen atoms in total. The molecule has 1 aromatic rings. The van der Waals surface area contributed by atoms with Crippen molar-refractivity contribution in [1.82, 2.24) is 4.90 Å². The normalized spacial score (nSPS) is 25.3. The molecule has 0 amide bonds. The summed E-state index contributed by atoms with van der Waals surface area (Å²) < 4.78 is 0. The third kappa shape index (κ3) is 2.47.